The van der Waals surface area contributed by atoms with Gasteiger partial charge in [-0.15, -0.1) is 0 Å². The van der Waals surface area contributed by atoms with Gasteiger partial charge in [0.15, 0.2) is 0 Å². The standard InChI is InChI=1S/C16H19NO5/c1-2-22-16(21)10-11-17(14(18)8-9-15(19)20)12-13-6-4-3-5-7-13/h3-9H,2,10-12H2,1H3,(H,19,20)/b9-8+. The van der Waals surface area contributed by atoms with E-state index in [2.05, 4.69) is 0 Å². The number of nitrogens with zero attached hydrogens (tertiary/aromatic N) is 1. The third-order valence-corrected chi connectivity index (χ3v) is 2.79. The summed E-state index contributed by atoms with van der Waals surface area (Å²) >= 11 is 0. The fourth-order valence-corrected chi connectivity index (χ4v) is 1.78. The van der Waals surface area contributed by atoms with Crippen LogP contribution in [0, 0.1) is 0 Å². The van der Waals surface area contributed by atoms with Gasteiger partial charge in [-0.25, -0.2) is 4.79 Å². The molecule has 0 radical (unpaired) electrons. The largest absolute Gasteiger partial charge is 0.478 e. The van der Waals surface area contributed by atoms with E-state index in [1.54, 1.807) is 6.92 Å². The average Bonchev–Trinajstić information content (AvgIpc) is 2.50. The maximum Gasteiger partial charge on any atom is 0.328 e. The number of hydrogen-bond donors (Lipinski definition) is 1. The minimum Gasteiger partial charge on any atom is -0.478 e. The molecule has 0 atom stereocenters. The minimum atomic E-state index is -1.20. The van der Waals surface area contributed by atoms with Crippen LogP contribution in [0.2, 0.25) is 0 Å². The summed E-state index contributed by atoms with van der Waals surface area (Å²) in [5.41, 5.74) is 0.892. The highest BCUT2D eigenvalue weighted by molar-refractivity contribution is 5.94. The second-order valence-electron chi connectivity index (χ2n) is 4.47. The number of carboxylic acids is 1. The number of hydrogen-bond acceptors (Lipinski definition) is 4. The van der Waals surface area contributed by atoms with Crippen molar-refractivity contribution in [1.82, 2.24) is 4.90 Å². The van der Waals surface area contributed by atoms with Crippen LogP contribution in [0.15, 0.2) is 42.5 Å². The SMILES string of the molecule is CCOC(=O)CCN(Cc1ccccc1)C(=O)/C=C/C(=O)O. The van der Waals surface area contributed by atoms with E-state index in [1.165, 1.54) is 4.90 Å². The molecule has 118 valence electrons. The third kappa shape index (κ3) is 6.69. The molecule has 0 aromatic heterocycles. The van der Waals surface area contributed by atoms with E-state index < -0.39 is 17.8 Å². The fraction of sp³-hybridized carbons (Fsp3) is 0.312. The van der Waals surface area contributed by atoms with Crippen molar-refractivity contribution in [2.45, 2.75) is 19.9 Å². The van der Waals surface area contributed by atoms with Gasteiger partial charge in [-0.05, 0) is 12.5 Å². The number of carbonyl (C=O) groups is 3. The lowest BCUT2D eigenvalue weighted by Crippen LogP contribution is -2.31. The van der Waals surface area contributed by atoms with Gasteiger partial charge in [-0.3, -0.25) is 9.59 Å². The predicted molar refractivity (Wildman–Crippen MR) is 79.9 cm³/mol. The van der Waals surface area contributed by atoms with Gasteiger partial charge in [0.1, 0.15) is 0 Å². The van der Waals surface area contributed by atoms with Crippen molar-refractivity contribution in [3.63, 3.8) is 0 Å². The van der Waals surface area contributed by atoms with E-state index in [0.717, 1.165) is 17.7 Å². The van der Waals surface area contributed by atoms with Crippen molar-refractivity contribution in [3.05, 3.63) is 48.0 Å². The van der Waals surface area contributed by atoms with Crippen molar-refractivity contribution in [2.24, 2.45) is 0 Å². The summed E-state index contributed by atoms with van der Waals surface area (Å²) in [5, 5.41) is 8.59. The van der Waals surface area contributed by atoms with Gasteiger partial charge in [0.2, 0.25) is 5.91 Å². The Bertz CT molecular complexity index is 539. The van der Waals surface area contributed by atoms with Crippen LogP contribution in [0.4, 0.5) is 0 Å². The third-order valence-electron chi connectivity index (χ3n) is 2.79. The molecule has 0 saturated carbocycles. The van der Waals surface area contributed by atoms with Gasteiger partial charge < -0.3 is 14.7 Å². The van der Waals surface area contributed by atoms with Crippen LogP contribution in [0.5, 0.6) is 0 Å². The topological polar surface area (TPSA) is 83.9 Å². The van der Waals surface area contributed by atoms with Gasteiger partial charge in [0, 0.05) is 25.2 Å². The van der Waals surface area contributed by atoms with Crippen LogP contribution in [-0.2, 0) is 25.7 Å². The highest BCUT2D eigenvalue weighted by atomic mass is 16.5. The smallest absolute Gasteiger partial charge is 0.328 e. The first-order chi connectivity index (χ1) is 10.5. The Labute approximate surface area is 129 Å². The summed E-state index contributed by atoms with van der Waals surface area (Å²) in [6.07, 6.45) is 1.83. The maximum atomic E-state index is 12.0. The van der Waals surface area contributed by atoms with E-state index in [0.29, 0.717) is 6.54 Å². The molecule has 1 aromatic rings. The van der Waals surface area contributed by atoms with E-state index >= 15 is 0 Å². The molecular weight excluding hydrogens is 286 g/mol. The second-order valence-corrected chi connectivity index (χ2v) is 4.47. The lowest BCUT2D eigenvalue weighted by atomic mass is 10.2. The van der Waals surface area contributed by atoms with E-state index in [4.69, 9.17) is 9.84 Å². The number of rotatable bonds is 8. The summed E-state index contributed by atoms with van der Waals surface area (Å²) in [7, 11) is 0. The Morgan fingerprint density at radius 3 is 2.45 bits per heavy atom. The number of ether oxygens (including phenoxy) is 1. The summed E-state index contributed by atoms with van der Waals surface area (Å²) in [4.78, 5) is 35.4. The predicted octanol–water partition coefficient (Wildman–Crippen LogP) is 1.61. The first-order valence-corrected chi connectivity index (χ1v) is 6.92. The van der Waals surface area contributed by atoms with Gasteiger partial charge in [-0.2, -0.15) is 0 Å². The van der Waals surface area contributed by atoms with Gasteiger partial charge in [0.25, 0.3) is 0 Å². The second kappa shape index (κ2) is 9.33. The maximum absolute atomic E-state index is 12.0. The number of carboxylic acid groups (broad SMARTS) is 1. The number of amides is 1. The highest BCUT2D eigenvalue weighted by Crippen LogP contribution is 2.06. The zero-order valence-electron chi connectivity index (χ0n) is 12.4. The lowest BCUT2D eigenvalue weighted by Gasteiger charge is -2.21. The summed E-state index contributed by atoms with van der Waals surface area (Å²) in [5.74, 6) is -2.05. The molecule has 0 spiro atoms. The van der Waals surface area contributed by atoms with Crippen LogP contribution in [0.1, 0.15) is 18.9 Å². The molecule has 0 aliphatic rings. The molecule has 0 saturated heterocycles. The fourth-order valence-electron chi connectivity index (χ4n) is 1.78. The van der Waals surface area contributed by atoms with Gasteiger partial charge in [0.05, 0.1) is 13.0 Å². The Kier molecular flexibility index (Phi) is 7.39. The molecule has 1 amide bonds. The molecule has 6 heteroatoms. The summed E-state index contributed by atoms with van der Waals surface area (Å²) < 4.78 is 4.83. The van der Waals surface area contributed by atoms with Gasteiger partial charge >= 0.3 is 11.9 Å². The molecule has 0 heterocycles. The molecule has 6 nitrogen and oxygen atoms in total. The summed E-state index contributed by atoms with van der Waals surface area (Å²) in [6.45, 7) is 2.45. The molecule has 1 aromatic carbocycles. The Hall–Kier alpha value is -2.63. The van der Waals surface area contributed by atoms with Crippen molar-refractivity contribution in [2.75, 3.05) is 13.2 Å². The molecular formula is C16H19NO5. The van der Waals surface area contributed by atoms with Crippen molar-refractivity contribution < 1.29 is 24.2 Å². The monoisotopic (exact) mass is 305 g/mol. The van der Waals surface area contributed by atoms with Crippen molar-refractivity contribution >= 4 is 17.8 Å². The number of aliphatic carboxylic acids is 1. The number of esters is 1. The van der Waals surface area contributed by atoms with Crippen molar-refractivity contribution in [3.8, 4) is 0 Å². The van der Waals surface area contributed by atoms with Crippen LogP contribution >= 0.6 is 0 Å². The zero-order chi connectivity index (χ0) is 16.4. The Balaban J connectivity index is 2.73. The van der Waals surface area contributed by atoms with Crippen LogP contribution < -0.4 is 0 Å². The first kappa shape index (κ1) is 17.4. The van der Waals surface area contributed by atoms with E-state index in [1.807, 2.05) is 30.3 Å². The molecule has 0 aliphatic heterocycles. The van der Waals surface area contributed by atoms with Gasteiger partial charge in [-0.1, -0.05) is 30.3 Å². The minimum absolute atomic E-state index is 0.0628. The molecule has 0 fully saturated rings. The van der Waals surface area contributed by atoms with Crippen LogP contribution in [0.25, 0.3) is 0 Å². The first-order valence-electron chi connectivity index (χ1n) is 6.92. The molecule has 22 heavy (non-hydrogen) atoms. The molecule has 0 bridgehead atoms. The zero-order valence-corrected chi connectivity index (χ0v) is 12.4. The Morgan fingerprint density at radius 2 is 1.86 bits per heavy atom. The number of carbonyl (C=O) groups excluding carboxylic acids is 2. The van der Waals surface area contributed by atoms with Crippen molar-refractivity contribution in [1.29, 1.82) is 0 Å². The van der Waals surface area contributed by atoms with E-state index in [9.17, 15) is 14.4 Å². The normalized spacial score (nSPS) is 10.4. The molecule has 1 rings (SSSR count). The molecule has 0 aliphatic carbocycles. The Morgan fingerprint density at radius 1 is 1.18 bits per heavy atom. The average molecular weight is 305 g/mol. The number of benzene rings is 1. The van der Waals surface area contributed by atoms with Crippen LogP contribution in [0.3, 0.4) is 0 Å². The quantitative estimate of drug-likeness (QED) is 0.582. The molecule has 1 N–H and O–H groups in total. The van der Waals surface area contributed by atoms with E-state index in [-0.39, 0.29) is 19.6 Å². The highest BCUT2D eigenvalue weighted by Gasteiger charge is 2.14. The lowest BCUT2D eigenvalue weighted by molar-refractivity contribution is -0.144. The van der Waals surface area contributed by atoms with Crippen LogP contribution in [-0.4, -0.2) is 41.0 Å². The summed E-state index contributed by atoms with van der Waals surface area (Å²) in [6, 6.07) is 9.25. The molecule has 0 unspecified atom stereocenters.